The zero-order valence-corrected chi connectivity index (χ0v) is 19.0. The van der Waals surface area contributed by atoms with E-state index in [-0.39, 0.29) is 11.6 Å². The molecule has 2 unspecified atom stereocenters. The number of Topliss-reactive ketones (excluding diaryl/α,β-unsaturated/α-hetero) is 1. The van der Waals surface area contributed by atoms with Crippen molar-refractivity contribution in [3.05, 3.63) is 98.5 Å². The molecule has 0 aliphatic carbocycles. The van der Waals surface area contributed by atoms with E-state index in [4.69, 9.17) is 29.6 Å². The molecule has 0 amide bonds. The minimum absolute atomic E-state index is 0.127. The minimum atomic E-state index is -0.752. The van der Waals surface area contributed by atoms with Crippen LogP contribution in [0.2, 0.25) is 5.02 Å². The fourth-order valence-electron chi connectivity index (χ4n) is 3.80. The number of allylic oxidation sites excluding steroid dienone is 1. The maximum Gasteiger partial charge on any atom is 0.183 e. The van der Waals surface area contributed by atoms with Crippen LogP contribution in [-0.4, -0.2) is 10.8 Å². The fourth-order valence-corrected chi connectivity index (χ4v) is 5.08. The maximum absolute atomic E-state index is 13.6. The van der Waals surface area contributed by atoms with Crippen molar-refractivity contribution in [1.29, 1.82) is 5.26 Å². The van der Waals surface area contributed by atoms with Crippen LogP contribution in [0, 0.1) is 24.2 Å². The molecule has 2 atom stereocenters. The smallest absolute Gasteiger partial charge is 0.183 e. The van der Waals surface area contributed by atoms with Gasteiger partial charge in [0.1, 0.15) is 10.8 Å². The van der Waals surface area contributed by atoms with Crippen LogP contribution in [0.4, 0.5) is 5.69 Å². The van der Waals surface area contributed by atoms with Gasteiger partial charge in [0.2, 0.25) is 0 Å². The van der Waals surface area contributed by atoms with E-state index in [0.717, 1.165) is 16.8 Å². The number of ketones is 1. The number of hydrogen-bond acceptors (Lipinski definition) is 5. The van der Waals surface area contributed by atoms with Crippen LogP contribution in [0.15, 0.2) is 77.4 Å². The van der Waals surface area contributed by atoms with E-state index in [0.29, 0.717) is 20.5 Å². The maximum atomic E-state index is 13.6. The minimum Gasteiger partial charge on any atom is -0.384 e. The predicted octanol–water partition coefficient (Wildman–Crippen LogP) is 5.83. The zero-order chi connectivity index (χ0) is 22.1. The third-order valence-corrected chi connectivity index (χ3v) is 6.91. The number of anilines is 1. The fraction of sp³-hybridized carbons (Fsp3) is 0.125. The van der Waals surface area contributed by atoms with Crippen LogP contribution in [-0.2, 0) is 0 Å². The van der Waals surface area contributed by atoms with Gasteiger partial charge in [-0.3, -0.25) is 9.69 Å². The van der Waals surface area contributed by atoms with Gasteiger partial charge in [0.25, 0.3) is 0 Å². The van der Waals surface area contributed by atoms with E-state index in [9.17, 15) is 10.1 Å². The number of carbonyl (C=O) groups excluding carboxylic acids is 1. The monoisotopic (exact) mass is 463 g/mol. The second kappa shape index (κ2) is 8.64. The number of nitrogens with zero attached hydrogens (tertiary/aromatic N) is 2. The molecule has 0 radical (unpaired) electrons. The van der Waals surface area contributed by atoms with Crippen molar-refractivity contribution in [3.63, 3.8) is 0 Å². The lowest BCUT2D eigenvalue weighted by Gasteiger charge is -2.39. The summed E-state index contributed by atoms with van der Waals surface area (Å²) in [6.07, 6.45) is 0. The molecule has 0 saturated heterocycles. The van der Waals surface area contributed by atoms with Crippen molar-refractivity contribution < 1.29 is 4.79 Å². The topological polar surface area (TPSA) is 70.1 Å². The van der Waals surface area contributed by atoms with Gasteiger partial charge in [-0.1, -0.05) is 59.7 Å². The number of aryl methyl sites for hydroxylation is 1. The number of halogens is 1. The van der Waals surface area contributed by atoms with E-state index in [1.165, 1.54) is 11.3 Å². The highest BCUT2D eigenvalue weighted by molar-refractivity contribution is 7.80. The molecule has 0 bridgehead atoms. The highest BCUT2D eigenvalue weighted by Crippen LogP contribution is 2.43. The summed E-state index contributed by atoms with van der Waals surface area (Å²) in [5, 5.41) is 12.5. The van der Waals surface area contributed by atoms with Gasteiger partial charge in [0.15, 0.2) is 5.78 Å². The Kier molecular flexibility index (Phi) is 5.92. The highest BCUT2D eigenvalue weighted by atomic mass is 35.5. The molecule has 0 fully saturated rings. The Balaban J connectivity index is 1.93. The molecule has 4 rings (SSSR count). The summed E-state index contributed by atoms with van der Waals surface area (Å²) in [4.78, 5) is 16.2. The standard InChI is InChI=1S/C24H18ClN3OS2/c1-14-4-10-17(11-5-14)28-23(27)18(13-26)20(15-6-8-16(25)9-7-15)21(24(28)30)22(29)19-3-2-12-31-19/h2-12,20-21H,27H2,1H3. The molecule has 3 aromatic rings. The summed E-state index contributed by atoms with van der Waals surface area (Å²) in [6.45, 7) is 1.98. The average molecular weight is 464 g/mol. The van der Waals surface area contributed by atoms with Gasteiger partial charge in [-0.15, -0.1) is 11.3 Å². The number of thiocarbonyl (C=S) groups is 1. The van der Waals surface area contributed by atoms with Gasteiger partial charge >= 0.3 is 0 Å². The highest BCUT2D eigenvalue weighted by Gasteiger charge is 2.44. The molecule has 7 heteroatoms. The normalized spacial score (nSPS) is 18.7. The van der Waals surface area contributed by atoms with Crippen LogP contribution in [0.3, 0.4) is 0 Å². The van der Waals surface area contributed by atoms with Gasteiger partial charge in [0.05, 0.1) is 22.4 Å². The molecular weight excluding hydrogens is 446 g/mol. The number of carbonyl (C=O) groups is 1. The summed E-state index contributed by atoms with van der Waals surface area (Å²) >= 11 is 13.3. The van der Waals surface area contributed by atoms with Crippen molar-refractivity contribution in [2.24, 2.45) is 11.7 Å². The first-order chi connectivity index (χ1) is 14.9. The first-order valence-electron chi connectivity index (χ1n) is 9.56. The Hall–Kier alpha value is -2.98. The quantitative estimate of drug-likeness (QED) is 0.389. The summed E-state index contributed by atoms with van der Waals surface area (Å²) in [5.41, 5.74) is 9.38. The van der Waals surface area contributed by atoms with Crippen molar-refractivity contribution in [2.75, 3.05) is 4.90 Å². The third-order valence-electron chi connectivity index (χ3n) is 5.34. The Bertz CT molecular complexity index is 1210. The van der Waals surface area contributed by atoms with Crippen molar-refractivity contribution >= 4 is 51.6 Å². The number of rotatable bonds is 4. The molecule has 31 heavy (non-hydrogen) atoms. The van der Waals surface area contributed by atoms with Crippen LogP contribution >= 0.6 is 35.2 Å². The lowest BCUT2D eigenvalue weighted by molar-refractivity contribution is 0.0949. The molecular formula is C24H18ClN3OS2. The lowest BCUT2D eigenvalue weighted by Crippen LogP contribution is -2.48. The van der Waals surface area contributed by atoms with E-state index in [2.05, 4.69) is 6.07 Å². The zero-order valence-electron chi connectivity index (χ0n) is 16.6. The summed E-state index contributed by atoms with van der Waals surface area (Å²) in [6, 6.07) is 20.6. The van der Waals surface area contributed by atoms with Crippen LogP contribution in [0.5, 0.6) is 0 Å². The lowest BCUT2D eigenvalue weighted by atomic mass is 9.75. The first kappa shape index (κ1) is 21.3. The molecule has 2 aromatic carbocycles. The predicted molar refractivity (Wildman–Crippen MR) is 129 cm³/mol. The molecule has 1 aromatic heterocycles. The van der Waals surface area contributed by atoms with E-state index in [1.807, 2.05) is 54.8 Å². The Morgan fingerprint density at radius 2 is 1.84 bits per heavy atom. The number of benzene rings is 2. The molecule has 0 saturated carbocycles. The molecule has 2 heterocycles. The summed E-state index contributed by atoms with van der Waals surface area (Å²) in [5.74, 6) is -1.23. The Morgan fingerprint density at radius 3 is 2.42 bits per heavy atom. The van der Waals surface area contributed by atoms with E-state index >= 15 is 0 Å². The largest absolute Gasteiger partial charge is 0.384 e. The number of nitriles is 1. The van der Waals surface area contributed by atoms with Gasteiger partial charge in [-0.2, -0.15) is 5.26 Å². The average Bonchev–Trinajstić information content (AvgIpc) is 3.30. The second-order valence-corrected chi connectivity index (χ2v) is 9.07. The Labute approximate surface area is 195 Å². The van der Waals surface area contributed by atoms with Crippen LogP contribution in [0.1, 0.15) is 26.7 Å². The Morgan fingerprint density at radius 1 is 1.16 bits per heavy atom. The van der Waals surface area contributed by atoms with Crippen LogP contribution < -0.4 is 10.6 Å². The summed E-state index contributed by atoms with van der Waals surface area (Å²) in [7, 11) is 0. The second-order valence-electron chi connectivity index (χ2n) is 7.27. The number of thiophene rings is 1. The number of nitrogens with two attached hydrogens (primary N) is 1. The van der Waals surface area contributed by atoms with Gasteiger partial charge in [0, 0.05) is 16.6 Å². The van der Waals surface area contributed by atoms with E-state index < -0.39 is 11.8 Å². The molecule has 1 aliphatic rings. The SMILES string of the molecule is Cc1ccc(N2C(=S)C(C(=O)c3cccs3)C(c3ccc(Cl)cc3)C(C#N)=C2N)cc1. The van der Waals surface area contributed by atoms with Gasteiger partial charge in [-0.25, -0.2) is 0 Å². The van der Waals surface area contributed by atoms with Gasteiger partial charge < -0.3 is 5.73 Å². The van der Waals surface area contributed by atoms with Crippen molar-refractivity contribution in [2.45, 2.75) is 12.8 Å². The summed E-state index contributed by atoms with van der Waals surface area (Å²) < 4.78 is 0. The third kappa shape index (κ3) is 3.88. The molecule has 1 aliphatic heterocycles. The van der Waals surface area contributed by atoms with Crippen LogP contribution in [0.25, 0.3) is 0 Å². The van der Waals surface area contributed by atoms with Gasteiger partial charge in [-0.05, 0) is 48.2 Å². The number of hydrogen-bond donors (Lipinski definition) is 1. The first-order valence-corrected chi connectivity index (χ1v) is 11.2. The molecule has 2 N–H and O–H groups in total. The van der Waals surface area contributed by atoms with Crippen molar-refractivity contribution in [3.8, 4) is 6.07 Å². The molecule has 0 spiro atoms. The van der Waals surface area contributed by atoms with Crippen molar-refractivity contribution in [1.82, 2.24) is 0 Å². The molecule has 4 nitrogen and oxygen atoms in total. The van der Waals surface area contributed by atoms with E-state index in [1.54, 1.807) is 23.1 Å². The molecule has 154 valence electrons.